The number of carbonyl (C=O) groups excluding carboxylic acids is 1. The number of pyridine rings is 1. The molecule has 1 aromatic heterocycles. The summed E-state index contributed by atoms with van der Waals surface area (Å²) >= 11 is 0. The highest BCUT2D eigenvalue weighted by Gasteiger charge is 2.22. The van der Waals surface area contributed by atoms with Crippen molar-refractivity contribution < 1.29 is 13.2 Å². The molecule has 0 radical (unpaired) electrons. The summed E-state index contributed by atoms with van der Waals surface area (Å²) in [5, 5.41) is 2.64. The van der Waals surface area contributed by atoms with Gasteiger partial charge >= 0.3 is 0 Å². The van der Waals surface area contributed by atoms with Gasteiger partial charge in [-0.1, -0.05) is 12.8 Å². The SMILES string of the molecule is O=C(NCCS(=O)(=O)N1CCCCCC1)c1ccncc1. The predicted molar refractivity (Wildman–Crippen MR) is 80.4 cm³/mol. The topological polar surface area (TPSA) is 79.4 Å². The van der Waals surface area contributed by atoms with Crippen molar-refractivity contribution in [3.8, 4) is 0 Å². The molecule has 0 aromatic carbocycles. The number of nitrogens with one attached hydrogen (secondary N) is 1. The first-order valence-corrected chi connectivity index (χ1v) is 8.86. The lowest BCUT2D eigenvalue weighted by atomic mass is 10.2. The minimum Gasteiger partial charge on any atom is -0.351 e. The summed E-state index contributed by atoms with van der Waals surface area (Å²) in [7, 11) is -3.28. The van der Waals surface area contributed by atoms with Crippen molar-refractivity contribution in [3.63, 3.8) is 0 Å². The summed E-state index contributed by atoms with van der Waals surface area (Å²) < 4.78 is 26.0. The van der Waals surface area contributed by atoms with Crippen molar-refractivity contribution in [2.45, 2.75) is 25.7 Å². The molecule has 0 saturated carbocycles. The number of nitrogens with zero attached hydrogens (tertiary/aromatic N) is 2. The van der Waals surface area contributed by atoms with Gasteiger partial charge in [0.25, 0.3) is 5.91 Å². The third-order valence-electron chi connectivity index (χ3n) is 3.55. The predicted octanol–water partition coefficient (Wildman–Crippen LogP) is 1.02. The molecule has 7 heteroatoms. The quantitative estimate of drug-likeness (QED) is 0.880. The van der Waals surface area contributed by atoms with Crippen molar-refractivity contribution in [2.24, 2.45) is 0 Å². The van der Waals surface area contributed by atoms with Crippen LogP contribution in [0.1, 0.15) is 36.0 Å². The number of rotatable bonds is 5. The number of carbonyl (C=O) groups is 1. The molecule has 0 spiro atoms. The summed E-state index contributed by atoms with van der Waals surface area (Å²) in [5.41, 5.74) is 0.483. The van der Waals surface area contributed by atoms with Crippen LogP contribution in [-0.2, 0) is 10.0 Å². The smallest absolute Gasteiger partial charge is 0.251 e. The van der Waals surface area contributed by atoms with Gasteiger partial charge in [-0.25, -0.2) is 12.7 Å². The van der Waals surface area contributed by atoms with Gasteiger partial charge in [0.1, 0.15) is 0 Å². The van der Waals surface area contributed by atoms with E-state index in [0.29, 0.717) is 18.7 Å². The maximum absolute atomic E-state index is 12.2. The molecule has 0 atom stereocenters. The molecule has 1 aliphatic rings. The zero-order valence-corrected chi connectivity index (χ0v) is 12.8. The monoisotopic (exact) mass is 311 g/mol. The number of aromatic nitrogens is 1. The number of hydrogen-bond donors (Lipinski definition) is 1. The highest BCUT2D eigenvalue weighted by molar-refractivity contribution is 7.89. The van der Waals surface area contributed by atoms with Crippen LogP contribution in [0, 0.1) is 0 Å². The lowest BCUT2D eigenvalue weighted by Gasteiger charge is -2.19. The molecule has 1 aliphatic heterocycles. The second-order valence-electron chi connectivity index (χ2n) is 5.12. The summed E-state index contributed by atoms with van der Waals surface area (Å²) in [6.45, 7) is 1.32. The van der Waals surface area contributed by atoms with Gasteiger partial charge in [0.2, 0.25) is 10.0 Å². The van der Waals surface area contributed by atoms with Crippen molar-refractivity contribution in [2.75, 3.05) is 25.4 Å². The van der Waals surface area contributed by atoms with E-state index in [1.807, 2.05) is 0 Å². The molecule has 0 unspecified atom stereocenters. The second kappa shape index (κ2) is 7.51. The molecule has 1 aromatic rings. The van der Waals surface area contributed by atoms with Gasteiger partial charge in [-0.2, -0.15) is 0 Å². The van der Waals surface area contributed by atoms with Gasteiger partial charge in [-0.05, 0) is 25.0 Å². The third kappa shape index (κ3) is 4.78. The molecular formula is C14H21N3O3S. The van der Waals surface area contributed by atoms with E-state index < -0.39 is 10.0 Å². The summed E-state index contributed by atoms with van der Waals surface area (Å²) in [6.07, 6.45) is 7.08. The highest BCUT2D eigenvalue weighted by Crippen LogP contribution is 2.13. The van der Waals surface area contributed by atoms with Gasteiger partial charge in [0.15, 0.2) is 0 Å². The van der Waals surface area contributed by atoms with Gasteiger partial charge in [0, 0.05) is 37.6 Å². The number of hydrogen-bond acceptors (Lipinski definition) is 4. The molecule has 21 heavy (non-hydrogen) atoms. The molecule has 6 nitrogen and oxygen atoms in total. The Labute approximate surface area is 125 Å². The summed E-state index contributed by atoms with van der Waals surface area (Å²) in [5.74, 6) is -0.326. The van der Waals surface area contributed by atoms with Crippen LogP contribution in [0.2, 0.25) is 0 Å². The average Bonchev–Trinajstić information content (AvgIpc) is 2.77. The minimum absolute atomic E-state index is 0.0518. The van der Waals surface area contributed by atoms with Crippen LogP contribution >= 0.6 is 0 Å². The average molecular weight is 311 g/mol. The van der Waals surface area contributed by atoms with Crippen LogP contribution in [0.25, 0.3) is 0 Å². The van der Waals surface area contributed by atoms with E-state index in [1.165, 1.54) is 12.4 Å². The zero-order valence-electron chi connectivity index (χ0n) is 12.0. The fourth-order valence-electron chi connectivity index (χ4n) is 2.35. The Morgan fingerprint density at radius 2 is 1.76 bits per heavy atom. The zero-order chi connectivity index (χ0) is 15.1. The van der Waals surface area contributed by atoms with Gasteiger partial charge in [-0.3, -0.25) is 9.78 Å². The first-order chi connectivity index (χ1) is 10.1. The molecule has 1 saturated heterocycles. The molecule has 1 amide bonds. The first kappa shape index (κ1) is 15.9. The molecule has 116 valence electrons. The van der Waals surface area contributed by atoms with Crippen molar-refractivity contribution in [3.05, 3.63) is 30.1 Å². The van der Waals surface area contributed by atoms with Gasteiger partial charge in [0.05, 0.1) is 5.75 Å². The summed E-state index contributed by atoms with van der Waals surface area (Å²) in [4.78, 5) is 15.6. The van der Waals surface area contributed by atoms with Crippen LogP contribution in [0.4, 0.5) is 0 Å². The molecule has 2 rings (SSSR count). The minimum atomic E-state index is -3.28. The Kier molecular flexibility index (Phi) is 5.69. The van der Waals surface area contributed by atoms with Crippen LogP contribution in [0.5, 0.6) is 0 Å². The van der Waals surface area contributed by atoms with E-state index in [0.717, 1.165) is 25.7 Å². The maximum atomic E-state index is 12.2. The largest absolute Gasteiger partial charge is 0.351 e. The molecular weight excluding hydrogens is 290 g/mol. The van der Waals surface area contributed by atoms with Crippen LogP contribution in [0.15, 0.2) is 24.5 Å². The Morgan fingerprint density at radius 3 is 2.38 bits per heavy atom. The van der Waals surface area contributed by atoms with E-state index in [1.54, 1.807) is 16.4 Å². The Bertz CT molecular complexity index is 552. The Balaban J connectivity index is 1.83. The van der Waals surface area contributed by atoms with E-state index in [9.17, 15) is 13.2 Å². The first-order valence-electron chi connectivity index (χ1n) is 7.26. The lowest BCUT2D eigenvalue weighted by molar-refractivity contribution is 0.0956. The van der Waals surface area contributed by atoms with Crippen molar-refractivity contribution in [1.29, 1.82) is 0 Å². The lowest BCUT2D eigenvalue weighted by Crippen LogP contribution is -2.38. The molecule has 1 N–H and O–H groups in total. The highest BCUT2D eigenvalue weighted by atomic mass is 32.2. The maximum Gasteiger partial charge on any atom is 0.251 e. The summed E-state index contributed by atoms with van der Waals surface area (Å²) in [6, 6.07) is 3.19. The van der Waals surface area contributed by atoms with E-state index in [4.69, 9.17) is 0 Å². The van der Waals surface area contributed by atoms with Gasteiger partial charge in [-0.15, -0.1) is 0 Å². The second-order valence-corrected chi connectivity index (χ2v) is 7.21. The molecule has 0 bridgehead atoms. The van der Waals surface area contributed by atoms with Crippen molar-refractivity contribution >= 4 is 15.9 Å². The molecule has 1 fully saturated rings. The fourth-order valence-corrected chi connectivity index (χ4v) is 3.78. The fraction of sp³-hybridized carbons (Fsp3) is 0.571. The van der Waals surface area contributed by atoms with Gasteiger partial charge < -0.3 is 5.32 Å². The van der Waals surface area contributed by atoms with Crippen LogP contribution in [0.3, 0.4) is 0 Å². The van der Waals surface area contributed by atoms with Crippen LogP contribution < -0.4 is 5.32 Å². The van der Waals surface area contributed by atoms with E-state index in [-0.39, 0.29) is 18.2 Å². The van der Waals surface area contributed by atoms with Crippen molar-refractivity contribution in [1.82, 2.24) is 14.6 Å². The Hall–Kier alpha value is -1.47. The standard InChI is InChI=1S/C14H21N3O3S/c18-14(13-5-7-15-8-6-13)16-9-12-21(19,20)17-10-3-1-2-4-11-17/h5-8H,1-4,9-12H2,(H,16,18). The molecule has 2 heterocycles. The Morgan fingerprint density at radius 1 is 1.14 bits per heavy atom. The van der Waals surface area contributed by atoms with E-state index in [2.05, 4.69) is 10.3 Å². The van der Waals surface area contributed by atoms with E-state index >= 15 is 0 Å². The normalized spacial score (nSPS) is 17.1. The molecule has 0 aliphatic carbocycles. The number of amides is 1. The number of sulfonamides is 1. The third-order valence-corrected chi connectivity index (χ3v) is 5.42. The van der Waals surface area contributed by atoms with Crippen LogP contribution in [-0.4, -0.2) is 49.0 Å².